The molecule has 0 bridgehead atoms. The van der Waals surface area contributed by atoms with Gasteiger partial charge in [-0.3, -0.25) is 10.1 Å². The van der Waals surface area contributed by atoms with Crippen molar-refractivity contribution in [1.29, 1.82) is 0 Å². The quantitative estimate of drug-likeness (QED) is 0.483. The van der Waals surface area contributed by atoms with Crippen LogP contribution >= 0.6 is 0 Å². The molecule has 0 amide bonds. The summed E-state index contributed by atoms with van der Waals surface area (Å²) in [5.41, 5.74) is 3.14. The van der Waals surface area contributed by atoms with Crippen LogP contribution in [0.15, 0.2) is 54.9 Å². The van der Waals surface area contributed by atoms with Gasteiger partial charge in [0.1, 0.15) is 5.82 Å². The lowest BCUT2D eigenvalue weighted by Gasteiger charge is -2.10. The van der Waals surface area contributed by atoms with Gasteiger partial charge in [-0.2, -0.15) is 10.1 Å². The number of hydrogen-bond donors (Lipinski definition) is 3. The lowest BCUT2D eigenvalue weighted by molar-refractivity contribution is 0.966. The van der Waals surface area contributed by atoms with Crippen molar-refractivity contribution < 1.29 is 0 Å². The highest BCUT2D eigenvalue weighted by molar-refractivity contribution is 5.91. The van der Waals surface area contributed by atoms with Crippen LogP contribution in [0.25, 0.3) is 10.9 Å². The summed E-state index contributed by atoms with van der Waals surface area (Å²) in [4.78, 5) is 13.4. The maximum absolute atomic E-state index is 4.67. The third-order valence-corrected chi connectivity index (χ3v) is 4.64. The van der Waals surface area contributed by atoms with Gasteiger partial charge in [-0.15, -0.1) is 0 Å². The molecule has 1 saturated carbocycles. The molecule has 134 valence electrons. The Morgan fingerprint density at radius 1 is 1.07 bits per heavy atom. The minimum Gasteiger partial charge on any atom is -0.350 e. The summed E-state index contributed by atoms with van der Waals surface area (Å²) in [6, 6.07) is 14.0. The van der Waals surface area contributed by atoms with Crippen LogP contribution in [0.5, 0.6) is 0 Å². The molecule has 3 N–H and O–H groups in total. The molecule has 1 aliphatic carbocycles. The van der Waals surface area contributed by atoms with Crippen LogP contribution in [0.2, 0.25) is 0 Å². The highest BCUT2D eigenvalue weighted by Gasteiger charge is 2.25. The predicted octanol–water partition coefficient (Wildman–Crippen LogP) is 3.98. The first kappa shape index (κ1) is 15.7. The molecular formula is C20H19N7. The SMILES string of the molecule is c1cncc(CNc2nc(Nc3cc(C4CC4)[nH]n3)c3ccccc3n2)c1. The van der Waals surface area contributed by atoms with Crippen LogP contribution in [-0.2, 0) is 6.54 Å². The normalized spacial score (nSPS) is 13.6. The highest BCUT2D eigenvalue weighted by atomic mass is 15.2. The Morgan fingerprint density at radius 3 is 2.85 bits per heavy atom. The van der Waals surface area contributed by atoms with Crippen LogP contribution in [0.1, 0.15) is 30.0 Å². The van der Waals surface area contributed by atoms with E-state index in [0.29, 0.717) is 18.4 Å². The molecule has 1 fully saturated rings. The van der Waals surface area contributed by atoms with E-state index in [1.165, 1.54) is 18.5 Å². The maximum atomic E-state index is 4.67. The molecule has 0 aliphatic heterocycles. The van der Waals surface area contributed by atoms with Crippen molar-refractivity contribution >= 4 is 28.5 Å². The van der Waals surface area contributed by atoms with Crippen molar-refractivity contribution in [2.45, 2.75) is 25.3 Å². The highest BCUT2D eigenvalue weighted by Crippen LogP contribution is 2.39. The van der Waals surface area contributed by atoms with Gasteiger partial charge in [-0.1, -0.05) is 18.2 Å². The Balaban J connectivity index is 1.44. The molecule has 0 spiro atoms. The molecule has 3 aromatic heterocycles. The summed E-state index contributed by atoms with van der Waals surface area (Å²) < 4.78 is 0. The molecule has 0 radical (unpaired) electrons. The molecule has 0 atom stereocenters. The van der Waals surface area contributed by atoms with Crippen molar-refractivity contribution in [3.05, 3.63) is 66.1 Å². The Morgan fingerprint density at radius 2 is 2.00 bits per heavy atom. The monoisotopic (exact) mass is 357 g/mol. The van der Waals surface area contributed by atoms with Crippen molar-refractivity contribution in [1.82, 2.24) is 25.1 Å². The average molecular weight is 357 g/mol. The van der Waals surface area contributed by atoms with Gasteiger partial charge in [0.05, 0.1) is 5.52 Å². The summed E-state index contributed by atoms with van der Waals surface area (Å²) in [6.07, 6.45) is 6.06. The van der Waals surface area contributed by atoms with Crippen molar-refractivity contribution in [3.63, 3.8) is 0 Å². The molecule has 0 saturated heterocycles. The topological polar surface area (TPSA) is 91.4 Å². The molecule has 1 aromatic carbocycles. The van der Waals surface area contributed by atoms with E-state index >= 15 is 0 Å². The van der Waals surface area contributed by atoms with Gasteiger partial charge in [0, 0.05) is 42.0 Å². The Bertz CT molecular complexity index is 1070. The fourth-order valence-corrected chi connectivity index (χ4v) is 3.06. The third kappa shape index (κ3) is 3.44. The zero-order chi connectivity index (χ0) is 18.1. The van der Waals surface area contributed by atoms with Crippen molar-refractivity contribution in [3.8, 4) is 0 Å². The summed E-state index contributed by atoms with van der Waals surface area (Å²) in [7, 11) is 0. The van der Waals surface area contributed by atoms with Gasteiger partial charge in [0.15, 0.2) is 5.82 Å². The van der Waals surface area contributed by atoms with Gasteiger partial charge in [0.25, 0.3) is 0 Å². The molecule has 1 aliphatic rings. The minimum atomic E-state index is 0.568. The number of hydrogen-bond acceptors (Lipinski definition) is 6. The number of benzene rings is 1. The van der Waals surface area contributed by atoms with Gasteiger partial charge in [0.2, 0.25) is 5.95 Å². The molecular weight excluding hydrogens is 338 g/mol. The standard InChI is InChI=1S/C20H19N7/c1-2-6-16-15(5-1)19(24-18-10-17(26-27-18)14-7-8-14)25-20(23-16)22-12-13-4-3-9-21-11-13/h1-6,9-11,14H,7-8,12H2,(H3,22,23,24,25,26,27). The van der Waals surface area contributed by atoms with E-state index in [9.17, 15) is 0 Å². The first-order valence-electron chi connectivity index (χ1n) is 9.07. The first-order valence-corrected chi connectivity index (χ1v) is 9.07. The Labute approximate surface area is 156 Å². The Hall–Kier alpha value is -3.48. The van der Waals surface area contributed by atoms with E-state index < -0.39 is 0 Å². The predicted molar refractivity (Wildman–Crippen MR) is 105 cm³/mol. The molecule has 7 nitrogen and oxygen atoms in total. The lowest BCUT2D eigenvalue weighted by atomic mass is 10.2. The van der Waals surface area contributed by atoms with E-state index in [-0.39, 0.29) is 0 Å². The summed E-state index contributed by atoms with van der Waals surface area (Å²) in [5.74, 6) is 2.71. The van der Waals surface area contributed by atoms with E-state index in [1.54, 1.807) is 6.20 Å². The van der Waals surface area contributed by atoms with Gasteiger partial charge < -0.3 is 10.6 Å². The van der Waals surface area contributed by atoms with Crippen molar-refractivity contribution in [2.75, 3.05) is 10.6 Å². The summed E-state index contributed by atoms with van der Waals surface area (Å²) in [5, 5.41) is 15.1. The number of nitrogens with one attached hydrogen (secondary N) is 3. The van der Waals surface area contributed by atoms with E-state index in [2.05, 4.69) is 41.8 Å². The number of aromatic nitrogens is 5. The number of para-hydroxylation sites is 1. The minimum absolute atomic E-state index is 0.568. The number of anilines is 3. The van der Waals surface area contributed by atoms with Gasteiger partial charge >= 0.3 is 0 Å². The molecule has 7 heteroatoms. The zero-order valence-corrected chi connectivity index (χ0v) is 14.7. The molecule has 0 unspecified atom stereocenters. The van der Waals surface area contributed by atoms with Crippen LogP contribution in [0.4, 0.5) is 17.6 Å². The smallest absolute Gasteiger partial charge is 0.225 e. The molecule has 4 aromatic rings. The lowest BCUT2D eigenvalue weighted by Crippen LogP contribution is -2.06. The second-order valence-corrected chi connectivity index (χ2v) is 6.74. The molecule has 27 heavy (non-hydrogen) atoms. The van der Waals surface area contributed by atoms with Gasteiger partial charge in [-0.05, 0) is 36.6 Å². The molecule has 5 rings (SSSR count). The number of nitrogens with zero attached hydrogens (tertiary/aromatic N) is 4. The second-order valence-electron chi connectivity index (χ2n) is 6.74. The largest absolute Gasteiger partial charge is 0.350 e. The second kappa shape index (κ2) is 6.68. The zero-order valence-electron chi connectivity index (χ0n) is 14.7. The van der Waals surface area contributed by atoms with E-state index in [0.717, 1.165) is 28.1 Å². The number of aromatic amines is 1. The maximum Gasteiger partial charge on any atom is 0.225 e. The van der Waals surface area contributed by atoms with Gasteiger partial charge in [-0.25, -0.2) is 4.98 Å². The summed E-state index contributed by atoms with van der Waals surface area (Å²) >= 11 is 0. The van der Waals surface area contributed by atoms with Crippen LogP contribution in [-0.4, -0.2) is 25.1 Å². The fourth-order valence-electron chi connectivity index (χ4n) is 3.06. The summed E-state index contributed by atoms with van der Waals surface area (Å²) in [6.45, 7) is 0.611. The van der Waals surface area contributed by atoms with Crippen LogP contribution < -0.4 is 10.6 Å². The van der Waals surface area contributed by atoms with E-state index in [1.807, 2.05) is 42.6 Å². The number of H-pyrrole nitrogens is 1. The number of fused-ring (bicyclic) bond motifs is 1. The van der Waals surface area contributed by atoms with E-state index in [4.69, 9.17) is 0 Å². The van der Waals surface area contributed by atoms with Crippen molar-refractivity contribution in [2.24, 2.45) is 0 Å². The average Bonchev–Trinajstić information content (AvgIpc) is 3.46. The van der Waals surface area contributed by atoms with Crippen LogP contribution in [0.3, 0.4) is 0 Å². The molecule has 3 heterocycles. The third-order valence-electron chi connectivity index (χ3n) is 4.64. The van der Waals surface area contributed by atoms with Crippen LogP contribution in [0, 0.1) is 0 Å². The number of rotatable bonds is 6. The number of pyridine rings is 1. The first-order chi connectivity index (χ1) is 13.3. The Kier molecular flexibility index (Phi) is 3.90. The fraction of sp³-hybridized carbons (Fsp3) is 0.200.